The topological polar surface area (TPSA) is 60.8 Å². The van der Waals surface area contributed by atoms with Crippen molar-refractivity contribution in [2.45, 2.75) is 25.0 Å². The number of rotatable bonds is 1. The van der Waals surface area contributed by atoms with E-state index in [4.69, 9.17) is 5.11 Å². The van der Waals surface area contributed by atoms with Gasteiger partial charge in [-0.15, -0.1) is 0 Å². The molecule has 2 aliphatic heterocycles. The molecule has 0 unspecified atom stereocenters. The van der Waals surface area contributed by atoms with E-state index >= 15 is 0 Å². The van der Waals surface area contributed by atoms with Gasteiger partial charge >= 0.3 is 0 Å². The van der Waals surface area contributed by atoms with E-state index in [0.717, 1.165) is 6.42 Å². The van der Waals surface area contributed by atoms with Crippen molar-refractivity contribution in [1.29, 1.82) is 0 Å². The third-order valence-corrected chi connectivity index (χ3v) is 2.92. The predicted octanol–water partition coefficient (Wildman–Crippen LogP) is -1.04. The van der Waals surface area contributed by atoms with E-state index in [1.165, 1.54) is 0 Å². The standard InChI is InChI=1S/C8H13NO3/c10-4-5-1-2-9-7(12)3-6(11)8(5)9/h5-6,8,10-11H,1-4H2/t5-,6-,8-/m0/s1. The predicted molar refractivity (Wildman–Crippen MR) is 41.3 cm³/mol. The van der Waals surface area contributed by atoms with Gasteiger partial charge in [0, 0.05) is 19.1 Å². The second-order valence-electron chi connectivity index (χ2n) is 3.58. The molecule has 2 aliphatic rings. The number of fused-ring (bicyclic) bond motifs is 1. The van der Waals surface area contributed by atoms with Crippen molar-refractivity contribution >= 4 is 5.91 Å². The molecule has 2 rings (SSSR count). The molecule has 0 aliphatic carbocycles. The monoisotopic (exact) mass is 171 g/mol. The third-order valence-electron chi connectivity index (χ3n) is 2.92. The summed E-state index contributed by atoms with van der Waals surface area (Å²) in [5, 5.41) is 18.5. The molecular weight excluding hydrogens is 158 g/mol. The van der Waals surface area contributed by atoms with Gasteiger partial charge in [-0.3, -0.25) is 4.79 Å². The van der Waals surface area contributed by atoms with Crippen LogP contribution in [0.15, 0.2) is 0 Å². The van der Waals surface area contributed by atoms with Gasteiger partial charge in [0.2, 0.25) is 5.91 Å². The third kappa shape index (κ3) is 0.949. The summed E-state index contributed by atoms with van der Waals surface area (Å²) in [6.45, 7) is 0.775. The lowest BCUT2D eigenvalue weighted by molar-refractivity contribution is -0.128. The van der Waals surface area contributed by atoms with Gasteiger partial charge in [0.1, 0.15) is 0 Å². The first-order valence-corrected chi connectivity index (χ1v) is 4.32. The van der Waals surface area contributed by atoms with Gasteiger partial charge in [-0.25, -0.2) is 0 Å². The molecule has 2 N–H and O–H groups in total. The minimum absolute atomic E-state index is 0.0310. The minimum Gasteiger partial charge on any atom is -0.396 e. The first-order valence-electron chi connectivity index (χ1n) is 4.32. The highest BCUT2D eigenvalue weighted by Gasteiger charge is 2.46. The van der Waals surface area contributed by atoms with Crippen LogP contribution in [0.2, 0.25) is 0 Å². The second-order valence-corrected chi connectivity index (χ2v) is 3.58. The Kier molecular flexibility index (Phi) is 1.81. The highest BCUT2D eigenvalue weighted by molar-refractivity contribution is 5.80. The van der Waals surface area contributed by atoms with Crippen LogP contribution in [-0.4, -0.2) is 46.3 Å². The van der Waals surface area contributed by atoms with Crippen LogP contribution in [0, 0.1) is 5.92 Å². The van der Waals surface area contributed by atoms with Crippen LogP contribution in [0.25, 0.3) is 0 Å². The molecule has 0 aromatic rings. The van der Waals surface area contributed by atoms with Crippen LogP contribution in [0.3, 0.4) is 0 Å². The molecule has 0 aromatic carbocycles. The van der Waals surface area contributed by atoms with Gasteiger partial charge in [0.25, 0.3) is 0 Å². The highest BCUT2D eigenvalue weighted by atomic mass is 16.3. The summed E-state index contributed by atoms with van der Waals surface area (Å²) in [4.78, 5) is 12.9. The smallest absolute Gasteiger partial charge is 0.225 e. The number of nitrogens with zero attached hydrogens (tertiary/aromatic N) is 1. The zero-order valence-electron chi connectivity index (χ0n) is 6.81. The average molecular weight is 171 g/mol. The lowest BCUT2D eigenvalue weighted by Crippen LogP contribution is -2.36. The zero-order chi connectivity index (χ0) is 8.72. The molecule has 2 heterocycles. The number of hydrogen-bond acceptors (Lipinski definition) is 3. The summed E-state index contributed by atoms with van der Waals surface area (Å²) >= 11 is 0. The molecule has 0 saturated carbocycles. The second kappa shape index (κ2) is 2.71. The van der Waals surface area contributed by atoms with E-state index in [1.54, 1.807) is 4.90 Å². The van der Waals surface area contributed by atoms with Crippen molar-refractivity contribution in [1.82, 2.24) is 4.90 Å². The fourth-order valence-corrected chi connectivity index (χ4v) is 2.31. The number of carbonyl (C=O) groups is 1. The molecule has 12 heavy (non-hydrogen) atoms. The molecule has 0 spiro atoms. The van der Waals surface area contributed by atoms with Gasteiger partial charge in [-0.2, -0.15) is 0 Å². The molecular formula is C8H13NO3. The average Bonchev–Trinajstić information content (AvgIpc) is 2.55. The Morgan fingerprint density at radius 2 is 2.33 bits per heavy atom. The Morgan fingerprint density at radius 3 is 3.00 bits per heavy atom. The number of amides is 1. The first-order chi connectivity index (χ1) is 5.74. The van der Waals surface area contributed by atoms with E-state index in [2.05, 4.69) is 0 Å². The molecule has 0 aromatic heterocycles. The Bertz CT molecular complexity index is 206. The molecule has 68 valence electrons. The van der Waals surface area contributed by atoms with Crippen LogP contribution in [0.5, 0.6) is 0 Å². The van der Waals surface area contributed by atoms with Crippen LogP contribution in [-0.2, 0) is 4.79 Å². The Hall–Kier alpha value is -0.610. The van der Waals surface area contributed by atoms with Gasteiger partial charge in [-0.1, -0.05) is 0 Å². The van der Waals surface area contributed by atoms with Crippen molar-refractivity contribution in [3.05, 3.63) is 0 Å². The van der Waals surface area contributed by atoms with Gasteiger partial charge in [0.05, 0.1) is 18.6 Å². The maximum atomic E-state index is 11.2. The first kappa shape index (κ1) is 8.01. The SMILES string of the molecule is O=C1C[C@H](O)[C@@H]2[C@H](CO)CCN12. The van der Waals surface area contributed by atoms with Gasteiger partial charge in [-0.05, 0) is 6.42 Å². The summed E-state index contributed by atoms with van der Waals surface area (Å²) < 4.78 is 0. The van der Waals surface area contributed by atoms with Crippen LogP contribution < -0.4 is 0 Å². The fourth-order valence-electron chi connectivity index (χ4n) is 2.31. The molecule has 2 fully saturated rings. The molecule has 0 bridgehead atoms. The van der Waals surface area contributed by atoms with E-state index in [0.29, 0.717) is 6.54 Å². The summed E-state index contributed by atoms with van der Waals surface area (Å²) in [5.41, 5.74) is 0. The zero-order valence-corrected chi connectivity index (χ0v) is 6.81. The van der Waals surface area contributed by atoms with E-state index in [1.807, 2.05) is 0 Å². The summed E-state index contributed by atoms with van der Waals surface area (Å²) in [6.07, 6.45) is 0.502. The highest BCUT2D eigenvalue weighted by Crippen LogP contribution is 2.33. The molecule has 3 atom stereocenters. The Labute approximate surface area is 70.8 Å². The fraction of sp³-hybridized carbons (Fsp3) is 0.875. The van der Waals surface area contributed by atoms with Crippen molar-refractivity contribution in [2.75, 3.05) is 13.2 Å². The van der Waals surface area contributed by atoms with Gasteiger partial charge in [0.15, 0.2) is 0 Å². The van der Waals surface area contributed by atoms with Crippen molar-refractivity contribution in [2.24, 2.45) is 5.92 Å². The summed E-state index contributed by atoms with van der Waals surface area (Å²) in [7, 11) is 0. The quantitative estimate of drug-likeness (QED) is 0.530. The molecule has 1 amide bonds. The molecule has 4 nitrogen and oxygen atoms in total. The number of aliphatic hydroxyl groups excluding tert-OH is 2. The normalized spacial score (nSPS) is 40.7. The van der Waals surface area contributed by atoms with Crippen LogP contribution in [0.4, 0.5) is 0 Å². The van der Waals surface area contributed by atoms with E-state index in [9.17, 15) is 9.90 Å². The number of carbonyl (C=O) groups excluding carboxylic acids is 1. The number of aliphatic hydroxyl groups is 2. The van der Waals surface area contributed by atoms with Crippen molar-refractivity contribution < 1.29 is 15.0 Å². The van der Waals surface area contributed by atoms with E-state index < -0.39 is 6.10 Å². The lowest BCUT2D eigenvalue weighted by atomic mass is 9.97. The minimum atomic E-state index is -0.558. The molecule has 4 heteroatoms. The maximum absolute atomic E-state index is 11.2. The van der Waals surface area contributed by atoms with Crippen molar-refractivity contribution in [3.8, 4) is 0 Å². The summed E-state index contributed by atoms with van der Waals surface area (Å²) in [6, 6.07) is -0.109. The van der Waals surface area contributed by atoms with Gasteiger partial charge < -0.3 is 15.1 Å². The van der Waals surface area contributed by atoms with Crippen LogP contribution in [0.1, 0.15) is 12.8 Å². The Morgan fingerprint density at radius 1 is 1.58 bits per heavy atom. The molecule has 2 saturated heterocycles. The maximum Gasteiger partial charge on any atom is 0.225 e. The Balaban J connectivity index is 2.17. The van der Waals surface area contributed by atoms with E-state index in [-0.39, 0.29) is 30.9 Å². The summed E-state index contributed by atoms with van der Waals surface area (Å²) in [5.74, 6) is 0.120. The van der Waals surface area contributed by atoms with Crippen LogP contribution >= 0.6 is 0 Å². The number of hydrogen-bond donors (Lipinski definition) is 2. The lowest BCUT2D eigenvalue weighted by Gasteiger charge is -2.21. The van der Waals surface area contributed by atoms with Crippen molar-refractivity contribution in [3.63, 3.8) is 0 Å². The largest absolute Gasteiger partial charge is 0.396 e. The molecule has 0 radical (unpaired) electrons.